The molecule has 0 bridgehead atoms. The van der Waals surface area contributed by atoms with Crippen LogP contribution in [0.5, 0.6) is 5.75 Å². The van der Waals surface area contributed by atoms with Gasteiger partial charge < -0.3 is 10.1 Å². The smallest absolute Gasteiger partial charge is 0.273 e. The molecule has 0 aliphatic rings. The van der Waals surface area contributed by atoms with Crippen molar-refractivity contribution in [1.82, 2.24) is 20.3 Å². The minimum absolute atomic E-state index is 0.266. The van der Waals surface area contributed by atoms with Crippen molar-refractivity contribution in [2.24, 2.45) is 0 Å². The Morgan fingerprint density at radius 3 is 2.48 bits per heavy atom. The molecule has 25 heavy (non-hydrogen) atoms. The van der Waals surface area contributed by atoms with Crippen LogP contribution in [0.2, 0.25) is 5.02 Å². The first-order valence-electron chi connectivity index (χ1n) is 7.70. The molecule has 1 amide bonds. The summed E-state index contributed by atoms with van der Waals surface area (Å²) in [7, 11) is 1.62. The number of hydrogen-bond acceptors (Lipinski definition) is 4. The number of methoxy groups -OCH3 is 1. The largest absolute Gasteiger partial charge is 0.497 e. The molecule has 0 radical (unpaired) electrons. The van der Waals surface area contributed by atoms with Crippen LogP contribution in [0.4, 0.5) is 0 Å². The lowest BCUT2D eigenvalue weighted by Gasteiger charge is -2.04. The summed E-state index contributed by atoms with van der Waals surface area (Å²) in [6.45, 7) is 0.933. The number of nitrogens with zero attached hydrogens (tertiary/aromatic N) is 3. The molecule has 0 unspecified atom stereocenters. The van der Waals surface area contributed by atoms with Gasteiger partial charge in [-0.05, 0) is 35.4 Å². The molecule has 0 saturated heterocycles. The molecule has 1 aromatic heterocycles. The molecule has 2 aromatic carbocycles. The Hall–Kier alpha value is -2.86. The molecule has 128 valence electrons. The Morgan fingerprint density at radius 2 is 1.80 bits per heavy atom. The molecule has 3 rings (SSSR count). The maximum absolute atomic E-state index is 12.2. The Kier molecular flexibility index (Phi) is 5.30. The highest BCUT2D eigenvalue weighted by atomic mass is 35.5. The summed E-state index contributed by atoms with van der Waals surface area (Å²) < 4.78 is 6.72. The van der Waals surface area contributed by atoms with Crippen molar-refractivity contribution in [1.29, 1.82) is 0 Å². The summed E-state index contributed by atoms with van der Waals surface area (Å²) in [5.41, 5.74) is 2.28. The number of aromatic nitrogens is 3. The van der Waals surface area contributed by atoms with Gasteiger partial charge in [0.25, 0.3) is 5.91 Å². The fourth-order valence-corrected chi connectivity index (χ4v) is 2.40. The first kappa shape index (κ1) is 17.0. The van der Waals surface area contributed by atoms with Crippen LogP contribution < -0.4 is 10.1 Å². The van der Waals surface area contributed by atoms with Gasteiger partial charge in [0.15, 0.2) is 5.69 Å². The third-order valence-corrected chi connectivity index (χ3v) is 3.89. The lowest BCUT2D eigenvalue weighted by molar-refractivity contribution is 0.0946. The maximum Gasteiger partial charge on any atom is 0.273 e. The quantitative estimate of drug-likeness (QED) is 0.737. The van der Waals surface area contributed by atoms with Crippen molar-refractivity contribution < 1.29 is 9.53 Å². The van der Waals surface area contributed by atoms with Gasteiger partial charge >= 0.3 is 0 Å². The average molecular weight is 357 g/mol. The van der Waals surface area contributed by atoms with E-state index in [0.717, 1.165) is 16.9 Å². The van der Waals surface area contributed by atoms with Crippen molar-refractivity contribution in [3.05, 3.63) is 76.6 Å². The Morgan fingerprint density at radius 1 is 1.12 bits per heavy atom. The van der Waals surface area contributed by atoms with Crippen LogP contribution in [-0.2, 0) is 13.1 Å². The molecule has 1 heterocycles. The third kappa shape index (κ3) is 4.58. The highest BCUT2D eigenvalue weighted by molar-refractivity contribution is 6.30. The summed E-state index contributed by atoms with van der Waals surface area (Å²) in [5, 5.41) is 11.4. The van der Waals surface area contributed by atoms with Crippen molar-refractivity contribution in [3.63, 3.8) is 0 Å². The van der Waals surface area contributed by atoms with Crippen molar-refractivity contribution in [3.8, 4) is 5.75 Å². The van der Waals surface area contributed by atoms with E-state index < -0.39 is 0 Å². The van der Waals surface area contributed by atoms with Crippen LogP contribution >= 0.6 is 11.6 Å². The molecule has 0 spiro atoms. The van der Waals surface area contributed by atoms with E-state index in [1.54, 1.807) is 18.0 Å². The number of carbonyl (C=O) groups excluding carboxylic acids is 1. The summed E-state index contributed by atoms with van der Waals surface area (Å²) in [6, 6.07) is 15.0. The number of rotatable bonds is 6. The number of ether oxygens (including phenoxy) is 1. The number of nitrogens with one attached hydrogen (secondary N) is 1. The predicted molar refractivity (Wildman–Crippen MR) is 94.7 cm³/mol. The zero-order valence-corrected chi connectivity index (χ0v) is 14.4. The van der Waals surface area contributed by atoms with Crippen LogP contribution in [0.3, 0.4) is 0 Å². The molecule has 7 heteroatoms. The lowest BCUT2D eigenvalue weighted by Crippen LogP contribution is -2.23. The predicted octanol–water partition coefficient (Wildman–Crippen LogP) is 2.92. The SMILES string of the molecule is COc1ccc(CNC(=O)c2cn(Cc3ccc(Cl)cc3)nn2)cc1. The van der Waals surface area contributed by atoms with Crippen molar-refractivity contribution in [2.75, 3.05) is 7.11 Å². The summed E-state index contributed by atoms with van der Waals surface area (Å²) in [6.07, 6.45) is 1.62. The van der Waals surface area contributed by atoms with E-state index >= 15 is 0 Å². The van der Waals surface area contributed by atoms with Gasteiger partial charge in [-0.25, -0.2) is 4.68 Å². The van der Waals surface area contributed by atoms with Crippen LogP contribution in [0.15, 0.2) is 54.7 Å². The Balaban J connectivity index is 1.57. The van der Waals surface area contributed by atoms with E-state index in [-0.39, 0.29) is 11.6 Å². The second kappa shape index (κ2) is 7.81. The van der Waals surface area contributed by atoms with E-state index in [9.17, 15) is 4.79 Å². The minimum atomic E-state index is -0.266. The highest BCUT2D eigenvalue weighted by Gasteiger charge is 2.10. The Labute approximate surface area is 150 Å². The zero-order valence-electron chi connectivity index (χ0n) is 13.6. The number of benzene rings is 2. The van der Waals surface area contributed by atoms with E-state index in [0.29, 0.717) is 18.1 Å². The monoisotopic (exact) mass is 356 g/mol. The molecule has 1 N–H and O–H groups in total. The van der Waals surface area contributed by atoms with E-state index in [2.05, 4.69) is 15.6 Å². The topological polar surface area (TPSA) is 69.0 Å². The third-order valence-electron chi connectivity index (χ3n) is 3.64. The molecule has 0 fully saturated rings. The van der Waals surface area contributed by atoms with Gasteiger partial charge in [-0.15, -0.1) is 5.10 Å². The number of amides is 1. The molecular formula is C18H17ClN4O2. The second-order valence-electron chi connectivity index (χ2n) is 5.46. The maximum atomic E-state index is 12.2. The van der Waals surface area contributed by atoms with Crippen LogP contribution in [-0.4, -0.2) is 28.0 Å². The molecule has 6 nitrogen and oxygen atoms in total. The van der Waals surface area contributed by atoms with Gasteiger partial charge in [0.2, 0.25) is 0 Å². The van der Waals surface area contributed by atoms with Crippen LogP contribution in [0, 0.1) is 0 Å². The minimum Gasteiger partial charge on any atom is -0.497 e. The van der Waals surface area contributed by atoms with Gasteiger partial charge in [0.1, 0.15) is 5.75 Å². The molecule has 0 saturated carbocycles. The highest BCUT2D eigenvalue weighted by Crippen LogP contribution is 2.12. The van der Waals surface area contributed by atoms with Crippen molar-refractivity contribution >= 4 is 17.5 Å². The standard InChI is InChI=1S/C18H17ClN4O2/c1-25-16-8-4-13(5-9-16)10-20-18(24)17-12-23(22-21-17)11-14-2-6-15(19)7-3-14/h2-9,12H,10-11H2,1H3,(H,20,24). The average Bonchev–Trinajstić information content (AvgIpc) is 3.10. The number of halogens is 1. The van der Waals surface area contributed by atoms with Gasteiger partial charge in [0.05, 0.1) is 19.9 Å². The molecular weight excluding hydrogens is 340 g/mol. The van der Waals surface area contributed by atoms with E-state index in [4.69, 9.17) is 16.3 Å². The van der Waals surface area contributed by atoms with Gasteiger partial charge in [-0.1, -0.05) is 41.1 Å². The zero-order chi connectivity index (χ0) is 17.6. The van der Waals surface area contributed by atoms with Gasteiger partial charge in [-0.2, -0.15) is 0 Å². The first-order chi connectivity index (χ1) is 12.1. The fraction of sp³-hybridized carbons (Fsp3) is 0.167. The summed E-state index contributed by atoms with van der Waals surface area (Å²) >= 11 is 5.87. The molecule has 0 aliphatic carbocycles. The van der Waals surface area contributed by atoms with Gasteiger partial charge in [-0.3, -0.25) is 4.79 Å². The molecule has 0 aliphatic heterocycles. The first-order valence-corrected chi connectivity index (χ1v) is 8.07. The normalized spacial score (nSPS) is 10.5. The summed E-state index contributed by atoms with van der Waals surface area (Å²) in [5.74, 6) is 0.512. The Bertz CT molecular complexity index is 844. The van der Waals surface area contributed by atoms with Crippen LogP contribution in [0.25, 0.3) is 0 Å². The van der Waals surface area contributed by atoms with Gasteiger partial charge in [0, 0.05) is 11.6 Å². The van der Waals surface area contributed by atoms with E-state index in [1.807, 2.05) is 48.5 Å². The molecule has 0 atom stereocenters. The number of carbonyl (C=O) groups is 1. The van der Waals surface area contributed by atoms with Crippen LogP contribution in [0.1, 0.15) is 21.6 Å². The second-order valence-corrected chi connectivity index (χ2v) is 5.90. The summed E-state index contributed by atoms with van der Waals surface area (Å²) in [4.78, 5) is 12.2. The number of hydrogen-bond donors (Lipinski definition) is 1. The van der Waals surface area contributed by atoms with Crippen molar-refractivity contribution in [2.45, 2.75) is 13.1 Å². The molecule has 3 aromatic rings. The van der Waals surface area contributed by atoms with E-state index in [1.165, 1.54) is 0 Å². The fourth-order valence-electron chi connectivity index (χ4n) is 2.27. The lowest BCUT2D eigenvalue weighted by atomic mass is 10.2.